The van der Waals surface area contributed by atoms with Gasteiger partial charge in [-0.1, -0.05) is 32.1 Å². The van der Waals surface area contributed by atoms with Gasteiger partial charge in [0, 0.05) is 12.3 Å². The molecule has 0 aliphatic heterocycles. The molecule has 2 aliphatic carbocycles. The van der Waals surface area contributed by atoms with Crippen molar-refractivity contribution in [3.8, 4) is 0 Å². The molecule has 0 spiro atoms. The van der Waals surface area contributed by atoms with Crippen LogP contribution in [0.1, 0.15) is 46.5 Å². The second kappa shape index (κ2) is 3.96. The molecule has 17 heavy (non-hydrogen) atoms. The first-order valence-corrected chi connectivity index (χ1v) is 6.59. The SMILES string of the molecule is C=C1CC[C@H]2C(O)(C1)C(C(C)C)=CC[C@]2(C)O. The summed E-state index contributed by atoms with van der Waals surface area (Å²) in [5.74, 6) is 0.271. The van der Waals surface area contributed by atoms with Crippen molar-refractivity contribution in [2.45, 2.75) is 57.7 Å². The normalized spacial score (nSPS) is 42.4. The maximum atomic E-state index is 11.0. The highest BCUT2D eigenvalue weighted by Crippen LogP contribution is 2.51. The van der Waals surface area contributed by atoms with Gasteiger partial charge in [0.2, 0.25) is 0 Å². The molecular formula is C15H24O2. The third kappa shape index (κ3) is 1.98. The van der Waals surface area contributed by atoms with Crippen LogP contribution in [0.25, 0.3) is 0 Å². The van der Waals surface area contributed by atoms with Crippen LogP contribution in [0, 0.1) is 11.8 Å². The Balaban J connectivity index is 2.45. The Morgan fingerprint density at radius 3 is 2.65 bits per heavy atom. The molecule has 2 rings (SSSR count). The van der Waals surface area contributed by atoms with Crippen LogP contribution < -0.4 is 0 Å². The minimum absolute atomic E-state index is 0.0529. The highest BCUT2D eigenvalue weighted by Gasteiger charge is 2.53. The van der Waals surface area contributed by atoms with Gasteiger partial charge < -0.3 is 10.2 Å². The second-order valence-corrected chi connectivity index (χ2v) is 6.32. The lowest BCUT2D eigenvalue weighted by Gasteiger charge is -2.52. The van der Waals surface area contributed by atoms with Gasteiger partial charge in [-0.25, -0.2) is 0 Å². The van der Waals surface area contributed by atoms with Gasteiger partial charge in [0.15, 0.2) is 0 Å². The van der Waals surface area contributed by atoms with Gasteiger partial charge in [0.05, 0.1) is 11.2 Å². The maximum Gasteiger partial charge on any atom is 0.0951 e. The maximum absolute atomic E-state index is 11.0. The smallest absolute Gasteiger partial charge is 0.0951 e. The zero-order valence-corrected chi connectivity index (χ0v) is 11.2. The van der Waals surface area contributed by atoms with E-state index in [0.717, 1.165) is 24.0 Å². The Kier molecular flexibility index (Phi) is 2.99. The van der Waals surface area contributed by atoms with Crippen molar-refractivity contribution in [2.75, 3.05) is 0 Å². The van der Waals surface area contributed by atoms with Crippen molar-refractivity contribution in [3.05, 3.63) is 23.8 Å². The molecule has 1 unspecified atom stereocenters. The number of hydrogen-bond donors (Lipinski definition) is 2. The van der Waals surface area contributed by atoms with Crippen LogP contribution in [0.4, 0.5) is 0 Å². The zero-order chi connectivity index (χ0) is 12.8. The lowest BCUT2D eigenvalue weighted by atomic mass is 9.58. The lowest BCUT2D eigenvalue weighted by Crippen LogP contribution is -2.56. The monoisotopic (exact) mass is 236 g/mol. The van der Waals surface area contributed by atoms with E-state index in [-0.39, 0.29) is 5.92 Å². The number of aliphatic hydroxyl groups is 2. The topological polar surface area (TPSA) is 40.5 Å². The molecule has 0 bridgehead atoms. The highest BCUT2D eigenvalue weighted by molar-refractivity contribution is 5.32. The van der Waals surface area contributed by atoms with E-state index in [1.807, 2.05) is 13.0 Å². The van der Waals surface area contributed by atoms with Crippen molar-refractivity contribution in [1.82, 2.24) is 0 Å². The van der Waals surface area contributed by atoms with Crippen molar-refractivity contribution in [3.63, 3.8) is 0 Å². The molecule has 0 aromatic carbocycles. The molecule has 0 saturated heterocycles. The van der Waals surface area contributed by atoms with Crippen molar-refractivity contribution >= 4 is 0 Å². The first-order chi connectivity index (χ1) is 7.77. The fraction of sp³-hybridized carbons (Fsp3) is 0.733. The Morgan fingerprint density at radius 2 is 2.06 bits per heavy atom. The number of hydrogen-bond acceptors (Lipinski definition) is 2. The molecule has 0 heterocycles. The second-order valence-electron chi connectivity index (χ2n) is 6.32. The van der Waals surface area contributed by atoms with Crippen molar-refractivity contribution < 1.29 is 10.2 Å². The molecular weight excluding hydrogens is 212 g/mol. The van der Waals surface area contributed by atoms with Crippen LogP contribution in [0.2, 0.25) is 0 Å². The van der Waals surface area contributed by atoms with E-state index in [1.54, 1.807) is 0 Å². The van der Waals surface area contributed by atoms with Gasteiger partial charge in [-0.15, -0.1) is 0 Å². The highest BCUT2D eigenvalue weighted by atomic mass is 16.3. The molecule has 1 fully saturated rings. The summed E-state index contributed by atoms with van der Waals surface area (Å²) in [5, 5.41) is 21.5. The predicted octanol–water partition coefficient (Wildman–Crippen LogP) is 2.81. The minimum atomic E-state index is -0.870. The van der Waals surface area contributed by atoms with Crippen LogP contribution >= 0.6 is 0 Å². The van der Waals surface area contributed by atoms with E-state index in [1.165, 1.54) is 0 Å². The summed E-state index contributed by atoms with van der Waals surface area (Å²) in [6, 6.07) is 0. The van der Waals surface area contributed by atoms with Crippen molar-refractivity contribution in [1.29, 1.82) is 0 Å². The number of rotatable bonds is 1. The van der Waals surface area contributed by atoms with Gasteiger partial charge in [-0.2, -0.15) is 0 Å². The van der Waals surface area contributed by atoms with Crippen LogP contribution in [-0.4, -0.2) is 21.4 Å². The molecule has 96 valence electrons. The van der Waals surface area contributed by atoms with E-state index in [0.29, 0.717) is 18.8 Å². The third-order valence-corrected chi connectivity index (χ3v) is 4.49. The molecule has 2 aliphatic rings. The Morgan fingerprint density at radius 1 is 1.41 bits per heavy atom. The fourth-order valence-corrected chi connectivity index (χ4v) is 3.68. The average Bonchev–Trinajstić information content (AvgIpc) is 2.14. The van der Waals surface area contributed by atoms with Crippen LogP contribution in [0.5, 0.6) is 0 Å². The van der Waals surface area contributed by atoms with Crippen LogP contribution in [0.3, 0.4) is 0 Å². The molecule has 0 aromatic rings. The molecule has 0 amide bonds. The molecule has 2 heteroatoms. The molecule has 0 aromatic heterocycles. The Bertz CT molecular complexity index is 365. The third-order valence-electron chi connectivity index (χ3n) is 4.49. The molecule has 2 nitrogen and oxygen atoms in total. The summed E-state index contributed by atoms with van der Waals surface area (Å²) in [7, 11) is 0. The summed E-state index contributed by atoms with van der Waals surface area (Å²) in [6.07, 6.45) is 5.07. The molecule has 2 N–H and O–H groups in total. The summed E-state index contributed by atoms with van der Waals surface area (Å²) in [6.45, 7) is 10.1. The Labute approximate surface area is 104 Å². The van der Waals surface area contributed by atoms with E-state index in [2.05, 4.69) is 20.4 Å². The lowest BCUT2D eigenvalue weighted by molar-refractivity contribution is -0.121. The van der Waals surface area contributed by atoms with E-state index in [9.17, 15) is 10.2 Å². The Hall–Kier alpha value is -0.600. The summed E-state index contributed by atoms with van der Waals surface area (Å²) < 4.78 is 0. The van der Waals surface area contributed by atoms with E-state index < -0.39 is 11.2 Å². The largest absolute Gasteiger partial charge is 0.389 e. The van der Waals surface area contributed by atoms with Gasteiger partial charge >= 0.3 is 0 Å². The van der Waals surface area contributed by atoms with Gasteiger partial charge in [-0.3, -0.25) is 0 Å². The van der Waals surface area contributed by atoms with Gasteiger partial charge in [0.25, 0.3) is 0 Å². The average molecular weight is 236 g/mol. The fourth-order valence-electron chi connectivity index (χ4n) is 3.68. The minimum Gasteiger partial charge on any atom is -0.389 e. The first kappa shape index (κ1) is 12.8. The van der Waals surface area contributed by atoms with E-state index >= 15 is 0 Å². The zero-order valence-electron chi connectivity index (χ0n) is 11.2. The molecule has 0 radical (unpaired) electrons. The van der Waals surface area contributed by atoms with Crippen molar-refractivity contribution in [2.24, 2.45) is 11.8 Å². The first-order valence-electron chi connectivity index (χ1n) is 6.59. The van der Waals surface area contributed by atoms with Crippen LogP contribution in [-0.2, 0) is 0 Å². The van der Waals surface area contributed by atoms with Gasteiger partial charge in [0.1, 0.15) is 0 Å². The summed E-state index contributed by atoms with van der Waals surface area (Å²) in [4.78, 5) is 0. The van der Waals surface area contributed by atoms with Crippen LogP contribution in [0.15, 0.2) is 23.8 Å². The molecule has 3 atom stereocenters. The summed E-state index contributed by atoms with van der Waals surface area (Å²) >= 11 is 0. The standard InChI is InChI=1S/C15H24O2/c1-10(2)12-7-8-14(4,16)13-6-5-11(3)9-15(12,13)17/h7,10,13,16-17H,3,5-6,8-9H2,1-2,4H3/t13-,14+,15?/m1/s1. The van der Waals surface area contributed by atoms with E-state index in [4.69, 9.17) is 0 Å². The predicted molar refractivity (Wildman–Crippen MR) is 69.6 cm³/mol. The number of fused-ring (bicyclic) bond motifs is 1. The molecule has 1 saturated carbocycles. The van der Waals surface area contributed by atoms with Gasteiger partial charge in [-0.05, 0) is 37.7 Å². The summed E-state index contributed by atoms with van der Waals surface area (Å²) in [5.41, 5.74) is 0.543. The quantitative estimate of drug-likeness (QED) is 0.687.